The van der Waals surface area contributed by atoms with E-state index in [-0.39, 0.29) is 17.8 Å². The number of nitrogens with one attached hydrogen (secondary N) is 1. The number of nitrogens with zero attached hydrogens (tertiary/aromatic N) is 1. The Morgan fingerprint density at radius 2 is 1.85 bits per heavy atom. The van der Waals surface area contributed by atoms with Crippen molar-refractivity contribution in [1.82, 2.24) is 9.97 Å². The molecule has 1 N–H and O–H groups in total. The van der Waals surface area contributed by atoms with E-state index in [1.807, 2.05) is 6.07 Å². The van der Waals surface area contributed by atoms with E-state index < -0.39 is 11.7 Å². The van der Waals surface area contributed by atoms with Gasteiger partial charge in [-0.25, -0.2) is 4.39 Å². The fourth-order valence-corrected chi connectivity index (χ4v) is 6.14. The number of fused-ring (bicyclic) bond motifs is 3. The monoisotopic (exact) mass is 468 g/mol. The summed E-state index contributed by atoms with van der Waals surface area (Å²) in [5.74, 6) is 2.22. The van der Waals surface area contributed by atoms with Crippen LogP contribution in [0.4, 0.5) is 17.6 Å². The highest BCUT2D eigenvalue weighted by molar-refractivity contribution is 5.85. The standard InChI is InChI=1S/C27H24F4N2O/c1-2-18(24-10-14-9-15(27(29,30)31)3-5-22(14)33-24)26-19-12-17(13-20(19)26)34-25-7-8-32-23-6-4-16(28)11-21(23)25/h3-11,17-20,26,33H,2,12-13H2,1H3/t17?,18?,19-,20+,26?. The van der Waals surface area contributed by atoms with Gasteiger partial charge < -0.3 is 9.72 Å². The van der Waals surface area contributed by atoms with Crippen molar-refractivity contribution in [1.29, 1.82) is 0 Å². The molecule has 3 nitrogen and oxygen atoms in total. The van der Waals surface area contributed by atoms with Crippen molar-refractivity contribution in [3.05, 3.63) is 71.8 Å². The largest absolute Gasteiger partial charge is 0.490 e. The molecule has 3 unspecified atom stereocenters. The smallest absolute Gasteiger partial charge is 0.416 e. The average molecular weight is 468 g/mol. The van der Waals surface area contributed by atoms with Gasteiger partial charge in [-0.15, -0.1) is 0 Å². The average Bonchev–Trinajstić information content (AvgIpc) is 3.13. The second-order valence-electron chi connectivity index (χ2n) is 9.63. The molecule has 2 aliphatic rings. The van der Waals surface area contributed by atoms with Gasteiger partial charge in [0.1, 0.15) is 11.6 Å². The molecule has 2 aromatic heterocycles. The van der Waals surface area contributed by atoms with Crippen molar-refractivity contribution >= 4 is 21.8 Å². The topological polar surface area (TPSA) is 37.9 Å². The summed E-state index contributed by atoms with van der Waals surface area (Å²) in [5, 5.41) is 1.29. The molecule has 5 atom stereocenters. The van der Waals surface area contributed by atoms with Crippen LogP contribution in [0.2, 0.25) is 0 Å². The number of hydrogen-bond donors (Lipinski definition) is 1. The molecule has 176 valence electrons. The van der Waals surface area contributed by atoms with E-state index in [1.165, 1.54) is 24.3 Å². The minimum atomic E-state index is -4.34. The van der Waals surface area contributed by atoms with Gasteiger partial charge in [-0.3, -0.25) is 4.98 Å². The molecule has 0 radical (unpaired) electrons. The maximum absolute atomic E-state index is 13.8. The number of rotatable bonds is 5. The maximum Gasteiger partial charge on any atom is 0.416 e. The number of H-pyrrole nitrogens is 1. The van der Waals surface area contributed by atoms with Crippen LogP contribution in [-0.4, -0.2) is 16.1 Å². The van der Waals surface area contributed by atoms with Crippen molar-refractivity contribution in [2.45, 2.75) is 44.4 Å². The number of alkyl halides is 3. The summed E-state index contributed by atoms with van der Waals surface area (Å²) in [4.78, 5) is 7.66. The van der Waals surface area contributed by atoms with Gasteiger partial charge in [0.05, 0.1) is 17.2 Å². The summed E-state index contributed by atoms with van der Waals surface area (Å²) >= 11 is 0. The molecule has 2 heterocycles. The molecule has 2 aromatic carbocycles. The molecule has 7 heteroatoms. The SMILES string of the molecule is CCC(c1cc2cc(C(F)(F)F)ccc2[nH]1)C1[C@H]2CC(Oc3ccnc4ccc(F)cc34)C[C@@H]12. The van der Waals surface area contributed by atoms with Crippen molar-refractivity contribution < 1.29 is 22.3 Å². The highest BCUT2D eigenvalue weighted by Gasteiger charge is 2.59. The fourth-order valence-electron chi connectivity index (χ4n) is 6.14. The van der Waals surface area contributed by atoms with E-state index >= 15 is 0 Å². The number of ether oxygens (including phenoxy) is 1. The summed E-state index contributed by atoms with van der Waals surface area (Å²) in [6, 6.07) is 12.1. The lowest BCUT2D eigenvalue weighted by Gasteiger charge is -2.21. The molecular formula is C27H24F4N2O. The predicted octanol–water partition coefficient (Wildman–Crippen LogP) is 7.47. The summed E-state index contributed by atoms with van der Waals surface area (Å²) in [6.07, 6.45) is 0.212. The van der Waals surface area contributed by atoms with Crippen LogP contribution in [0.25, 0.3) is 21.8 Å². The Morgan fingerprint density at radius 1 is 1.06 bits per heavy atom. The molecule has 34 heavy (non-hydrogen) atoms. The number of halogens is 4. The Kier molecular flexibility index (Phi) is 4.87. The third kappa shape index (κ3) is 3.62. The molecule has 2 aliphatic carbocycles. The van der Waals surface area contributed by atoms with Crippen LogP contribution in [0.1, 0.15) is 43.4 Å². The van der Waals surface area contributed by atoms with Gasteiger partial charge in [0.25, 0.3) is 0 Å². The molecule has 4 aromatic rings. The number of hydrogen-bond acceptors (Lipinski definition) is 2. The zero-order valence-corrected chi connectivity index (χ0v) is 18.6. The highest BCUT2D eigenvalue weighted by Crippen LogP contribution is 2.64. The van der Waals surface area contributed by atoms with Gasteiger partial charge in [-0.05, 0) is 85.5 Å². The van der Waals surface area contributed by atoms with Gasteiger partial charge in [-0.1, -0.05) is 6.92 Å². The first-order chi connectivity index (χ1) is 16.3. The Labute approximate surface area is 194 Å². The number of pyridine rings is 1. The van der Waals surface area contributed by atoms with Crippen molar-refractivity contribution in [3.8, 4) is 5.75 Å². The molecular weight excluding hydrogens is 444 g/mol. The second kappa shape index (κ2) is 7.72. The first kappa shape index (κ1) is 21.4. The lowest BCUT2D eigenvalue weighted by Crippen LogP contribution is -2.18. The maximum atomic E-state index is 13.8. The molecule has 0 spiro atoms. The second-order valence-corrected chi connectivity index (χ2v) is 9.63. The Hall–Kier alpha value is -3.09. The normalized spacial score (nSPS) is 25.0. The first-order valence-electron chi connectivity index (χ1n) is 11.7. The van der Waals surface area contributed by atoms with Crippen LogP contribution in [-0.2, 0) is 6.18 Å². The van der Waals surface area contributed by atoms with Gasteiger partial charge >= 0.3 is 6.18 Å². The number of aromatic nitrogens is 2. The van der Waals surface area contributed by atoms with E-state index in [9.17, 15) is 17.6 Å². The molecule has 0 aliphatic heterocycles. The highest BCUT2D eigenvalue weighted by atomic mass is 19.4. The Morgan fingerprint density at radius 3 is 2.59 bits per heavy atom. The number of benzene rings is 2. The fraction of sp³-hybridized carbons (Fsp3) is 0.370. The van der Waals surface area contributed by atoms with Crippen LogP contribution < -0.4 is 4.74 Å². The predicted molar refractivity (Wildman–Crippen MR) is 122 cm³/mol. The quantitative estimate of drug-likeness (QED) is 0.309. The minimum absolute atomic E-state index is 0.0784. The molecule has 6 rings (SSSR count). The molecule has 0 amide bonds. The van der Waals surface area contributed by atoms with E-state index in [2.05, 4.69) is 16.9 Å². The first-order valence-corrected chi connectivity index (χ1v) is 11.7. The van der Waals surface area contributed by atoms with Crippen molar-refractivity contribution in [3.63, 3.8) is 0 Å². The van der Waals surface area contributed by atoms with Gasteiger partial charge in [0.15, 0.2) is 0 Å². The molecule has 2 fully saturated rings. The zero-order chi connectivity index (χ0) is 23.6. The molecule has 2 saturated carbocycles. The lowest BCUT2D eigenvalue weighted by molar-refractivity contribution is -0.137. The van der Waals surface area contributed by atoms with Gasteiger partial charge in [0.2, 0.25) is 0 Å². The Balaban J connectivity index is 1.17. The van der Waals surface area contributed by atoms with Crippen molar-refractivity contribution in [2.75, 3.05) is 0 Å². The number of aromatic amines is 1. The van der Waals surface area contributed by atoms with Crippen LogP contribution in [0.3, 0.4) is 0 Å². The summed E-state index contributed by atoms with van der Waals surface area (Å²) in [5.41, 5.74) is 1.85. The van der Waals surface area contributed by atoms with E-state index in [0.29, 0.717) is 39.8 Å². The third-order valence-electron chi connectivity index (χ3n) is 7.70. The summed E-state index contributed by atoms with van der Waals surface area (Å²) in [7, 11) is 0. The van der Waals surface area contributed by atoms with Crippen LogP contribution in [0.15, 0.2) is 54.7 Å². The summed E-state index contributed by atoms with van der Waals surface area (Å²) in [6.45, 7) is 2.14. The third-order valence-corrected chi connectivity index (χ3v) is 7.70. The zero-order valence-electron chi connectivity index (χ0n) is 18.6. The summed E-state index contributed by atoms with van der Waals surface area (Å²) < 4.78 is 59.3. The Bertz CT molecular complexity index is 1370. The van der Waals surface area contributed by atoms with Crippen LogP contribution in [0.5, 0.6) is 5.75 Å². The van der Waals surface area contributed by atoms with Gasteiger partial charge in [-0.2, -0.15) is 13.2 Å². The molecule has 0 saturated heterocycles. The molecule has 0 bridgehead atoms. The van der Waals surface area contributed by atoms with Gasteiger partial charge in [0, 0.05) is 34.1 Å². The van der Waals surface area contributed by atoms with Crippen molar-refractivity contribution in [2.24, 2.45) is 17.8 Å². The van der Waals surface area contributed by atoms with E-state index in [0.717, 1.165) is 36.5 Å². The van der Waals surface area contributed by atoms with E-state index in [4.69, 9.17) is 4.74 Å². The van der Waals surface area contributed by atoms with Crippen LogP contribution >= 0.6 is 0 Å². The minimum Gasteiger partial charge on any atom is -0.490 e. The van der Waals surface area contributed by atoms with Crippen LogP contribution in [0, 0.1) is 23.6 Å². The lowest BCUT2D eigenvalue weighted by atomic mass is 9.91. The van der Waals surface area contributed by atoms with E-state index in [1.54, 1.807) is 18.3 Å².